The van der Waals surface area contributed by atoms with Crippen LogP contribution in [0, 0.1) is 0 Å². The van der Waals surface area contributed by atoms with E-state index in [1.807, 2.05) is 6.92 Å². The molecule has 0 amide bonds. The van der Waals surface area contributed by atoms with E-state index in [1.54, 1.807) is 0 Å². The SMILES string of the molecule is CCCCCCP(=O)(O)CCC.CCCCCCP(=O)(O)CCCCCC. The second-order valence-corrected chi connectivity index (χ2v) is 12.9. The Balaban J connectivity index is 0. The van der Waals surface area contributed by atoms with Gasteiger partial charge in [0.05, 0.1) is 0 Å². The Morgan fingerprint density at radius 1 is 0.444 bits per heavy atom. The Kier molecular flexibility index (Phi) is 21.6. The smallest absolute Gasteiger partial charge is 0.200 e. The maximum Gasteiger partial charge on any atom is 0.200 e. The molecular formula is C21H48O4P2. The van der Waals surface area contributed by atoms with Crippen molar-refractivity contribution >= 4 is 14.7 Å². The highest BCUT2D eigenvalue weighted by Gasteiger charge is 2.16. The van der Waals surface area contributed by atoms with E-state index >= 15 is 0 Å². The standard InChI is InChI=1S/C12H27O2P.C9H21O2P/c1-3-5-7-9-11-15(13,14)12-10-8-6-4-2;1-3-5-6-7-9-12(10,11)8-4-2/h3-12H2,1-2H3,(H,13,14);3-9H2,1-2H3,(H,10,11). The molecule has 2 N–H and O–H groups in total. The molecular weight excluding hydrogens is 378 g/mol. The fourth-order valence-corrected chi connectivity index (χ4v) is 6.23. The summed E-state index contributed by atoms with van der Waals surface area (Å²) in [7, 11) is -5.51. The third-order valence-electron chi connectivity index (χ3n) is 4.66. The average Bonchev–Trinajstić information content (AvgIpc) is 2.60. The van der Waals surface area contributed by atoms with Crippen molar-refractivity contribution < 1.29 is 18.9 Å². The molecule has 4 nitrogen and oxygen atoms in total. The first-order valence-electron chi connectivity index (χ1n) is 11.4. The Morgan fingerprint density at radius 3 is 1.00 bits per heavy atom. The van der Waals surface area contributed by atoms with Crippen molar-refractivity contribution in [2.75, 3.05) is 24.6 Å². The van der Waals surface area contributed by atoms with Crippen LogP contribution in [-0.2, 0) is 9.13 Å². The second-order valence-electron chi connectivity index (χ2n) is 7.77. The molecule has 0 rings (SSSR count). The predicted octanol–water partition coefficient (Wildman–Crippen LogP) is 7.66. The summed E-state index contributed by atoms with van der Waals surface area (Å²) in [5.74, 6) is 0. The molecule has 0 fully saturated rings. The van der Waals surface area contributed by atoms with Crippen molar-refractivity contribution in [1.82, 2.24) is 0 Å². The van der Waals surface area contributed by atoms with Gasteiger partial charge in [-0.2, -0.15) is 0 Å². The lowest BCUT2D eigenvalue weighted by atomic mass is 10.2. The normalized spacial score (nSPS) is 13.7. The van der Waals surface area contributed by atoms with Gasteiger partial charge in [-0.1, -0.05) is 85.5 Å². The lowest BCUT2D eigenvalue weighted by Crippen LogP contribution is -1.95. The van der Waals surface area contributed by atoms with E-state index in [4.69, 9.17) is 0 Å². The Hall–Kier alpha value is 0.380. The molecule has 0 spiro atoms. The fourth-order valence-electron chi connectivity index (χ4n) is 2.93. The summed E-state index contributed by atoms with van der Waals surface area (Å²) in [6.45, 7) is 8.41. The molecule has 0 aromatic heterocycles. The van der Waals surface area contributed by atoms with Gasteiger partial charge in [0.2, 0.25) is 14.7 Å². The molecule has 0 aliphatic heterocycles. The van der Waals surface area contributed by atoms with Crippen molar-refractivity contribution in [3.8, 4) is 0 Å². The van der Waals surface area contributed by atoms with Crippen LogP contribution in [0.3, 0.4) is 0 Å². The third kappa shape index (κ3) is 24.3. The minimum Gasteiger partial charge on any atom is -0.344 e. The van der Waals surface area contributed by atoms with Gasteiger partial charge in [-0.25, -0.2) is 0 Å². The molecule has 1 atom stereocenters. The van der Waals surface area contributed by atoms with Crippen LogP contribution in [0.1, 0.15) is 111 Å². The Labute approximate surface area is 169 Å². The lowest BCUT2D eigenvalue weighted by molar-refractivity contribution is 0.470. The van der Waals surface area contributed by atoms with Gasteiger partial charge < -0.3 is 9.79 Å². The highest BCUT2D eigenvalue weighted by molar-refractivity contribution is 7.58. The van der Waals surface area contributed by atoms with Crippen molar-refractivity contribution in [2.45, 2.75) is 111 Å². The zero-order valence-electron chi connectivity index (χ0n) is 18.6. The van der Waals surface area contributed by atoms with E-state index in [1.165, 1.54) is 38.5 Å². The summed E-state index contributed by atoms with van der Waals surface area (Å²) in [5.41, 5.74) is 0. The van der Waals surface area contributed by atoms with Gasteiger partial charge in [-0.3, -0.25) is 9.13 Å². The molecule has 0 heterocycles. The minimum absolute atomic E-state index is 0.499. The van der Waals surface area contributed by atoms with E-state index < -0.39 is 14.7 Å². The molecule has 0 saturated heterocycles. The number of hydrogen-bond donors (Lipinski definition) is 2. The van der Waals surface area contributed by atoms with Crippen molar-refractivity contribution in [1.29, 1.82) is 0 Å². The summed E-state index contributed by atoms with van der Waals surface area (Å²) >= 11 is 0. The van der Waals surface area contributed by atoms with Gasteiger partial charge in [0.15, 0.2) is 0 Å². The van der Waals surface area contributed by atoms with Crippen molar-refractivity contribution in [3.63, 3.8) is 0 Å². The molecule has 0 aliphatic rings. The van der Waals surface area contributed by atoms with Crippen LogP contribution >= 0.6 is 14.7 Å². The second kappa shape index (κ2) is 19.7. The van der Waals surface area contributed by atoms with E-state index in [-0.39, 0.29) is 0 Å². The van der Waals surface area contributed by atoms with Crippen molar-refractivity contribution in [2.24, 2.45) is 0 Å². The number of hydrogen-bond acceptors (Lipinski definition) is 2. The summed E-state index contributed by atoms with van der Waals surface area (Å²) in [4.78, 5) is 19.0. The van der Waals surface area contributed by atoms with Crippen LogP contribution in [0.25, 0.3) is 0 Å². The summed E-state index contributed by atoms with van der Waals surface area (Å²) in [5, 5.41) is 0. The Morgan fingerprint density at radius 2 is 0.741 bits per heavy atom. The van der Waals surface area contributed by atoms with Gasteiger partial charge in [-0.05, 0) is 25.7 Å². The average molecular weight is 427 g/mol. The van der Waals surface area contributed by atoms with E-state index in [0.717, 1.165) is 44.9 Å². The minimum atomic E-state index is -2.77. The van der Waals surface area contributed by atoms with Crippen LogP contribution in [-0.4, -0.2) is 34.4 Å². The van der Waals surface area contributed by atoms with Crippen LogP contribution in [0.2, 0.25) is 0 Å². The fraction of sp³-hybridized carbons (Fsp3) is 1.00. The quantitative estimate of drug-likeness (QED) is 0.185. The van der Waals surface area contributed by atoms with Gasteiger partial charge in [0, 0.05) is 24.6 Å². The maximum atomic E-state index is 11.7. The van der Waals surface area contributed by atoms with Gasteiger partial charge in [0.1, 0.15) is 0 Å². The van der Waals surface area contributed by atoms with E-state index in [2.05, 4.69) is 20.8 Å². The third-order valence-corrected chi connectivity index (χ3v) is 8.85. The molecule has 0 bridgehead atoms. The molecule has 0 radical (unpaired) electrons. The van der Waals surface area contributed by atoms with E-state index in [9.17, 15) is 18.9 Å². The maximum absolute atomic E-state index is 11.7. The molecule has 0 aromatic carbocycles. The molecule has 0 aromatic rings. The predicted molar refractivity (Wildman–Crippen MR) is 122 cm³/mol. The van der Waals surface area contributed by atoms with Gasteiger partial charge in [0.25, 0.3) is 0 Å². The molecule has 27 heavy (non-hydrogen) atoms. The zero-order chi connectivity index (χ0) is 21.0. The first-order valence-corrected chi connectivity index (χ1v) is 15.4. The summed E-state index contributed by atoms with van der Waals surface area (Å²) in [6.07, 6.45) is 16.1. The van der Waals surface area contributed by atoms with Crippen LogP contribution in [0.5, 0.6) is 0 Å². The Bertz CT molecular complexity index is 384. The monoisotopic (exact) mass is 426 g/mol. The summed E-state index contributed by atoms with van der Waals surface area (Å²) in [6, 6.07) is 0. The highest BCUT2D eigenvalue weighted by atomic mass is 31.2. The first-order chi connectivity index (χ1) is 12.7. The number of unbranched alkanes of at least 4 members (excludes halogenated alkanes) is 9. The van der Waals surface area contributed by atoms with Gasteiger partial charge >= 0.3 is 0 Å². The molecule has 1 unspecified atom stereocenters. The van der Waals surface area contributed by atoms with Crippen LogP contribution in [0.15, 0.2) is 0 Å². The highest BCUT2D eigenvalue weighted by Crippen LogP contribution is 2.43. The van der Waals surface area contributed by atoms with Crippen molar-refractivity contribution in [3.05, 3.63) is 0 Å². The molecule has 0 saturated carbocycles. The lowest BCUT2D eigenvalue weighted by Gasteiger charge is -2.10. The number of rotatable bonds is 17. The first kappa shape index (κ1) is 29.6. The topological polar surface area (TPSA) is 74.6 Å². The molecule has 0 aliphatic carbocycles. The van der Waals surface area contributed by atoms with Gasteiger partial charge in [-0.15, -0.1) is 0 Å². The van der Waals surface area contributed by atoms with Crippen LogP contribution < -0.4 is 0 Å². The van der Waals surface area contributed by atoms with Crippen LogP contribution in [0.4, 0.5) is 0 Å². The largest absolute Gasteiger partial charge is 0.344 e. The zero-order valence-corrected chi connectivity index (χ0v) is 20.4. The summed E-state index contributed by atoms with van der Waals surface area (Å²) < 4.78 is 23.0. The molecule has 166 valence electrons. The molecule has 6 heteroatoms. The van der Waals surface area contributed by atoms with E-state index in [0.29, 0.717) is 24.6 Å².